The molecule has 0 aliphatic carbocycles. The third-order valence-corrected chi connectivity index (χ3v) is 3.62. The van der Waals surface area contributed by atoms with Crippen molar-refractivity contribution in [2.45, 2.75) is 19.4 Å². The van der Waals surface area contributed by atoms with Crippen LogP contribution in [-0.2, 0) is 0 Å². The van der Waals surface area contributed by atoms with Gasteiger partial charge in [0.05, 0.1) is 19.8 Å². The molecule has 0 saturated carbocycles. The lowest BCUT2D eigenvalue weighted by Gasteiger charge is -2.28. The van der Waals surface area contributed by atoms with Crippen molar-refractivity contribution >= 4 is 5.69 Å². The molecule has 1 aliphatic heterocycles. The number of ether oxygens (including phenoxy) is 2. The van der Waals surface area contributed by atoms with Crippen LogP contribution in [0.5, 0.6) is 11.5 Å². The largest absolute Gasteiger partial charge is 0.497 e. The van der Waals surface area contributed by atoms with E-state index >= 15 is 0 Å². The molecule has 2 aromatic carbocycles. The predicted molar refractivity (Wildman–Crippen MR) is 80.6 cm³/mol. The third-order valence-electron chi connectivity index (χ3n) is 3.62. The molecule has 3 heteroatoms. The van der Waals surface area contributed by atoms with Gasteiger partial charge in [0.2, 0.25) is 0 Å². The molecule has 0 amide bonds. The second-order valence-corrected chi connectivity index (χ2v) is 5.11. The summed E-state index contributed by atoms with van der Waals surface area (Å²) in [6, 6.07) is 14.7. The number of nitrogens with one attached hydrogen (secondary N) is 1. The van der Waals surface area contributed by atoms with Crippen molar-refractivity contribution in [1.82, 2.24) is 0 Å². The number of hydrogen-bond donors (Lipinski definition) is 1. The van der Waals surface area contributed by atoms with E-state index in [9.17, 15) is 0 Å². The molecule has 1 atom stereocenters. The van der Waals surface area contributed by atoms with Gasteiger partial charge in [0.15, 0.2) is 0 Å². The van der Waals surface area contributed by atoms with Gasteiger partial charge in [-0.1, -0.05) is 12.1 Å². The first-order valence-electron chi connectivity index (χ1n) is 6.90. The highest BCUT2D eigenvalue weighted by Gasteiger charge is 2.22. The molecule has 0 saturated heterocycles. The fraction of sp³-hybridized carbons (Fsp3) is 0.294. The quantitative estimate of drug-likeness (QED) is 0.915. The van der Waals surface area contributed by atoms with Crippen molar-refractivity contribution in [1.29, 1.82) is 0 Å². The van der Waals surface area contributed by atoms with Gasteiger partial charge >= 0.3 is 0 Å². The molecule has 0 spiro atoms. The van der Waals surface area contributed by atoms with Gasteiger partial charge in [-0.25, -0.2) is 0 Å². The van der Waals surface area contributed by atoms with Crippen LogP contribution < -0.4 is 14.8 Å². The highest BCUT2D eigenvalue weighted by Crippen LogP contribution is 2.36. The van der Waals surface area contributed by atoms with E-state index in [0.717, 1.165) is 35.8 Å². The van der Waals surface area contributed by atoms with Crippen molar-refractivity contribution in [2.24, 2.45) is 0 Å². The van der Waals surface area contributed by atoms with E-state index < -0.39 is 0 Å². The summed E-state index contributed by atoms with van der Waals surface area (Å²) in [4.78, 5) is 0. The molecule has 1 unspecified atom stereocenters. The van der Waals surface area contributed by atoms with Gasteiger partial charge in [0.1, 0.15) is 11.5 Å². The summed E-state index contributed by atoms with van der Waals surface area (Å²) in [6.07, 6.45) is 0.952. The Kier molecular flexibility index (Phi) is 3.50. The molecule has 0 radical (unpaired) electrons. The number of hydrogen-bond acceptors (Lipinski definition) is 3. The van der Waals surface area contributed by atoms with Crippen LogP contribution in [0, 0.1) is 6.92 Å². The Morgan fingerprint density at radius 2 is 2.10 bits per heavy atom. The van der Waals surface area contributed by atoms with Crippen molar-refractivity contribution in [3.63, 3.8) is 0 Å². The molecule has 2 aromatic rings. The number of rotatable bonds is 3. The molecule has 1 N–H and O–H groups in total. The van der Waals surface area contributed by atoms with Crippen LogP contribution in [0.15, 0.2) is 42.5 Å². The Labute approximate surface area is 119 Å². The maximum absolute atomic E-state index is 5.72. The summed E-state index contributed by atoms with van der Waals surface area (Å²) in [5.41, 5.74) is 3.57. The van der Waals surface area contributed by atoms with Crippen molar-refractivity contribution < 1.29 is 9.47 Å². The lowest BCUT2D eigenvalue weighted by atomic mass is 9.99. The minimum atomic E-state index is 0.260. The number of fused-ring (bicyclic) bond motifs is 1. The second kappa shape index (κ2) is 5.45. The molecular formula is C17H19NO2. The van der Waals surface area contributed by atoms with Crippen LogP contribution >= 0.6 is 0 Å². The summed E-state index contributed by atoms with van der Waals surface area (Å²) in [5.74, 6) is 1.81. The molecular weight excluding hydrogens is 250 g/mol. The predicted octanol–water partition coefficient (Wildman–Crippen LogP) is 3.94. The Hall–Kier alpha value is -2.16. The van der Waals surface area contributed by atoms with Gasteiger partial charge in [0.25, 0.3) is 0 Å². The normalized spacial score (nSPS) is 17.0. The highest BCUT2D eigenvalue weighted by molar-refractivity contribution is 5.51. The fourth-order valence-corrected chi connectivity index (χ4v) is 2.59. The summed E-state index contributed by atoms with van der Waals surface area (Å²) < 4.78 is 11.0. The number of benzene rings is 2. The van der Waals surface area contributed by atoms with E-state index in [2.05, 4.69) is 42.6 Å². The molecule has 0 fully saturated rings. The maximum atomic E-state index is 5.72. The fourth-order valence-electron chi connectivity index (χ4n) is 2.59. The topological polar surface area (TPSA) is 30.5 Å². The minimum Gasteiger partial charge on any atom is -0.497 e. The first-order chi connectivity index (χ1) is 9.76. The van der Waals surface area contributed by atoms with Crippen molar-refractivity contribution in [2.75, 3.05) is 19.0 Å². The van der Waals surface area contributed by atoms with Crippen LogP contribution in [0.4, 0.5) is 5.69 Å². The molecule has 104 valence electrons. The Morgan fingerprint density at radius 3 is 2.90 bits per heavy atom. The molecule has 0 bridgehead atoms. The van der Waals surface area contributed by atoms with Crippen LogP contribution in [0.2, 0.25) is 0 Å². The van der Waals surface area contributed by atoms with Crippen molar-refractivity contribution in [3.05, 3.63) is 53.6 Å². The van der Waals surface area contributed by atoms with Gasteiger partial charge in [-0.3, -0.25) is 0 Å². The van der Waals surface area contributed by atoms with Crippen LogP contribution in [0.1, 0.15) is 23.6 Å². The average Bonchev–Trinajstić information content (AvgIpc) is 2.47. The molecule has 1 aliphatic rings. The zero-order valence-electron chi connectivity index (χ0n) is 11.8. The maximum Gasteiger partial charge on any atom is 0.124 e. The SMILES string of the molecule is COc1ccc2c(c1)C(Nc1cccc(C)c1)CCO2. The minimum absolute atomic E-state index is 0.260. The standard InChI is InChI=1S/C17H19NO2/c1-12-4-3-5-13(10-12)18-16-8-9-20-17-7-6-14(19-2)11-15(16)17/h3-7,10-11,16,18H,8-9H2,1-2H3. The van der Waals surface area contributed by atoms with Crippen LogP contribution in [0.25, 0.3) is 0 Å². The Balaban J connectivity index is 1.89. The van der Waals surface area contributed by atoms with Gasteiger partial charge in [-0.05, 0) is 42.8 Å². The zero-order valence-corrected chi connectivity index (χ0v) is 11.8. The molecule has 0 aromatic heterocycles. The zero-order chi connectivity index (χ0) is 13.9. The summed E-state index contributed by atoms with van der Waals surface area (Å²) in [5, 5.41) is 3.59. The van der Waals surface area contributed by atoms with E-state index in [-0.39, 0.29) is 6.04 Å². The smallest absolute Gasteiger partial charge is 0.124 e. The van der Waals surface area contributed by atoms with Gasteiger partial charge in [-0.2, -0.15) is 0 Å². The summed E-state index contributed by atoms with van der Waals surface area (Å²) >= 11 is 0. The van der Waals surface area contributed by atoms with E-state index in [1.807, 2.05) is 12.1 Å². The van der Waals surface area contributed by atoms with E-state index in [1.165, 1.54) is 5.56 Å². The molecule has 3 nitrogen and oxygen atoms in total. The Morgan fingerprint density at radius 1 is 1.20 bits per heavy atom. The summed E-state index contributed by atoms with van der Waals surface area (Å²) in [6.45, 7) is 2.84. The summed E-state index contributed by atoms with van der Waals surface area (Å²) in [7, 11) is 1.69. The first-order valence-corrected chi connectivity index (χ1v) is 6.90. The first kappa shape index (κ1) is 12.9. The lowest BCUT2D eigenvalue weighted by Crippen LogP contribution is -2.20. The third kappa shape index (κ3) is 2.57. The average molecular weight is 269 g/mol. The Bertz CT molecular complexity index is 610. The number of methoxy groups -OCH3 is 1. The van der Waals surface area contributed by atoms with E-state index in [0.29, 0.717) is 0 Å². The van der Waals surface area contributed by atoms with E-state index in [4.69, 9.17) is 9.47 Å². The van der Waals surface area contributed by atoms with Crippen LogP contribution in [0.3, 0.4) is 0 Å². The highest BCUT2D eigenvalue weighted by atomic mass is 16.5. The van der Waals surface area contributed by atoms with Gasteiger partial charge < -0.3 is 14.8 Å². The van der Waals surface area contributed by atoms with Crippen molar-refractivity contribution in [3.8, 4) is 11.5 Å². The molecule has 20 heavy (non-hydrogen) atoms. The second-order valence-electron chi connectivity index (χ2n) is 5.11. The van der Waals surface area contributed by atoms with Gasteiger partial charge in [-0.15, -0.1) is 0 Å². The number of aryl methyl sites for hydroxylation is 1. The monoisotopic (exact) mass is 269 g/mol. The molecule has 1 heterocycles. The van der Waals surface area contributed by atoms with E-state index in [1.54, 1.807) is 7.11 Å². The number of anilines is 1. The lowest BCUT2D eigenvalue weighted by molar-refractivity contribution is 0.273. The van der Waals surface area contributed by atoms with Gasteiger partial charge in [0, 0.05) is 17.7 Å². The van der Waals surface area contributed by atoms with Crippen LogP contribution in [-0.4, -0.2) is 13.7 Å². The molecule has 3 rings (SSSR count).